The predicted molar refractivity (Wildman–Crippen MR) is 153 cm³/mol. The number of aryl methyl sites for hydroxylation is 1. The van der Waals surface area contributed by atoms with Crippen molar-refractivity contribution in [3.05, 3.63) is 89.4 Å². The second-order valence-corrected chi connectivity index (χ2v) is 10.2. The van der Waals surface area contributed by atoms with Crippen molar-refractivity contribution in [3.8, 4) is 11.5 Å². The van der Waals surface area contributed by atoms with Crippen molar-refractivity contribution in [2.75, 3.05) is 18.1 Å². The van der Waals surface area contributed by atoms with E-state index >= 15 is 0 Å². The molecule has 0 bridgehead atoms. The quantitative estimate of drug-likeness (QED) is 0.157. The van der Waals surface area contributed by atoms with Gasteiger partial charge in [-0.1, -0.05) is 29.5 Å². The summed E-state index contributed by atoms with van der Waals surface area (Å²) in [6.07, 6.45) is 1.76. The Morgan fingerprint density at radius 3 is 2.52 bits per heavy atom. The Hall–Kier alpha value is -4.70. The van der Waals surface area contributed by atoms with Gasteiger partial charge in [0.1, 0.15) is 22.8 Å². The number of ketones is 1. The van der Waals surface area contributed by atoms with E-state index in [0.29, 0.717) is 58.0 Å². The summed E-state index contributed by atoms with van der Waals surface area (Å²) in [4.78, 5) is 38.0. The molecule has 10 heteroatoms. The molecule has 1 amide bonds. The summed E-state index contributed by atoms with van der Waals surface area (Å²) in [5.74, 6) is -0.602. The van der Waals surface area contributed by atoms with Crippen LogP contribution in [0.15, 0.2) is 72.4 Å². The number of carbonyl (C=O) groups is 2. The first-order valence-electron chi connectivity index (χ1n) is 12.9. The third-order valence-corrected chi connectivity index (χ3v) is 7.74. The number of anilines is 1. The molecule has 3 aromatic heterocycles. The van der Waals surface area contributed by atoms with E-state index < -0.39 is 17.7 Å². The van der Waals surface area contributed by atoms with Gasteiger partial charge < -0.3 is 14.6 Å². The zero-order chi connectivity index (χ0) is 28.0. The maximum absolute atomic E-state index is 13.7. The highest BCUT2D eigenvalue weighted by atomic mass is 32.1. The SMILES string of the molecule is CCOc1cccc(C2C(=C(O)c3c(C)nc4ccccn34)C(=O)C(=O)N2c2nc3ccc(OCC)cc3s2)c1. The Morgan fingerprint density at radius 1 is 0.975 bits per heavy atom. The second kappa shape index (κ2) is 10.1. The molecule has 1 saturated heterocycles. The molecular formula is C30H26N4O5S. The molecule has 6 rings (SSSR count). The largest absolute Gasteiger partial charge is 0.505 e. The van der Waals surface area contributed by atoms with Gasteiger partial charge in [-0.15, -0.1) is 0 Å². The minimum Gasteiger partial charge on any atom is -0.505 e. The van der Waals surface area contributed by atoms with Crippen molar-refractivity contribution >= 4 is 49.8 Å². The Morgan fingerprint density at radius 2 is 1.75 bits per heavy atom. The van der Waals surface area contributed by atoms with Crippen molar-refractivity contribution in [1.82, 2.24) is 14.4 Å². The van der Waals surface area contributed by atoms with Crippen molar-refractivity contribution in [2.24, 2.45) is 0 Å². The molecule has 2 aromatic carbocycles. The van der Waals surface area contributed by atoms with Gasteiger partial charge in [0, 0.05) is 6.20 Å². The molecule has 0 spiro atoms. The molecule has 202 valence electrons. The number of pyridine rings is 1. The minimum absolute atomic E-state index is 0.0401. The number of aromatic nitrogens is 3. The third-order valence-electron chi connectivity index (χ3n) is 6.72. The normalized spacial score (nSPS) is 16.8. The van der Waals surface area contributed by atoms with Gasteiger partial charge in [0.2, 0.25) is 0 Å². The lowest BCUT2D eigenvalue weighted by molar-refractivity contribution is -0.132. The van der Waals surface area contributed by atoms with Gasteiger partial charge in [-0.25, -0.2) is 9.97 Å². The first kappa shape index (κ1) is 25.6. The first-order valence-corrected chi connectivity index (χ1v) is 13.7. The summed E-state index contributed by atoms with van der Waals surface area (Å²) in [5, 5.41) is 12.1. The van der Waals surface area contributed by atoms with E-state index in [4.69, 9.17) is 14.5 Å². The number of fused-ring (bicyclic) bond motifs is 2. The monoisotopic (exact) mass is 554 g/mol. The van der Waals surface area contributed by atoms with Crippen molar-refractivity contribution in [2.45, 2.75) is 26.8 Å². The van der Waals surface area contributed by atoms with Gasteiger partial charge in [0.05, 0.1) is 40.7 Å². The molecule has 1 aliphatic heterocycles. The number of aliphatic hydroxyl groups is 1. The number of nitrogens with zero attached hydrogens (tertiary/aromatic N) is 4. The molecule has 1 N–H and O–H groups in total. The number of Topliss-reactive ketones (excluding diaryl/α,β-unsaturated/α-hetero) is 1. The fourth-order valence-corrected chi connectivity index (χ4v) is 6.09. The number of hydrogen-bond acceptors (Lipinski definition) is 8. The summed E-state index contributed by atoms with van der Waals surface area (Å²) in [6, 6.07) is 17.2. The van der Waals surface area contributed by atoms with Crippen LogP contribution in [0.3, 0.4) is 0 Å². The highest BCUT2D eigenvalue weighted by Gasteiger charge is 2.48. The number of rotatable bonds is 7. The van der Waals surface area contributed by atoms with Gasteiger partial charge >= 0.3 is 5.91 Å². The maximum Gasteiger partial charge on any atom is 0.301 e. The number of imidazole rings is 1. The molecule has 1 atom stereocenters. The molecule has 9 nitrogen and oxygen atoms in total. The topological polar surface area (TPSA) is 106 Å². The van der Waals surface area contributed by atoms with Crippen LogP contribution in [-0.4, -0.2) is 44.4 Å². The standard InChI is InChI=1S/C30H26N4O5S/c1-4-38-19-10-8-9-18(15-19)26-24(27(35)25-17(3)31-23-11-6-7-14-33(23)25)28(36)29(37)34(26)30-32-21-13-12-20(39-5-2)16-22(21)40-30/h6-16,26,35H,4-5H2,1-3H3. The highest BCUT2D eigenvalue weighted by Crippen LogP contribution is 2.45. The average Bonchev–Trinajstić information content (AvgIpc) is 3.59. The number of amides is 1. The van der Waals surface area contributed by atoms with Gasteiger partial charge in [0.15, 0.2) is 10.9 Å². The zero-order valence-electron chi connectivity index (χ0n) is 22.1. The maximum atomic E-state index is 13.7. The van der Waals surface area contributed by atoms with E-state index in [9.17, 15) is 14.7 Å². The number of aliphatic hydroxyl groups excluding tert-OH is 1. The number of carbonyl (C=O) groups excluding carboxylic acids is 2. The summed E-state index contributed by atoms with van der Waals surface area (Å²) in [5.41, 5.74) is 2.73. The summed E-state index contributed by atoms with van der Waals surface area (Å²) in [6.45, 7) is 6.51. The fraction of sp³-hybridized carbons (Fsp3) is 0.200. The molecular weight excluding hydrogens is 528 g/mol. The molecule has 1 aliphatic rings. The number of benzene rings is 2. The Kier molecular flexibility index (Phi) is 6.47. The molecule has 0 saturated carbocycles. The van der Waals surface area contributed by atoms with Crippen molar-refractivity contribution in [3.63, 3.8) is 0 Å². The smallest absolute Gasteiger partial charge is 0.301 e. The van der Waals surface area contributed by atoms with Crippen LogP contribution in [0.2, 0.25) is 0 Å². The highest BCUT2D eigenvalue weighted by molar-refractivity contribution is 7.22. The number of thiazole rings is 1. The van der Waals surface area contributed by atoms with Crippen LogP contribution < -0.4 is 14.4 Å². The van der Waals surface area contributed by atoms with Gasteiger partial charge in [-0.05, 0) is 68.8 Å². The third kappa shape index (κ3) is 4.17. The van der Waals surface area contributed by atoms with Crippen molar-refractivity contribution < 1.29 is 24.2 Å². The first-order chi connectivity index (χ1) is 19.4. The van der Waals surface area contributed by atoms with Crippen LogP contribution in [0.4, 0.5) is 5.13 Å². The van der Waals surface area contributed by atoms with Crippen LogP contribution in [0.1, 0.15) is 36.8 Å². The van der Waals surface area contributed by atoms with E-state index in [2.05, 4.69) is 4.98 Å². The average molecular weight is 555 g/mol. The van der Waals surface area contributed by atoms with Crippen LogP contribution in [0.25, 0.3) is 21.6 Å². The summed E-state index contributed by atoms with van der Waals surface area (Å²) >= 11 is 1.28. The van der Waals surface area contributed by atoms with Crippen LogP contribution in [0.5, 0.6) is 11.5 Å². The van der Waals surface area contributed by atoms with E-state index in [0.717, 1.165) is 4.70 Å². The van der Waals surface area contributed by atoms with Gasteiger partial charge in [-0.3, -0.25) is 18.9 Å². The van der Waals surface area contributed by atoms with Crippen LogP contribution in [-0.2, 0) is 9.59 Å². The van der Waals surface area contributed by atoms with E-state index in [1.54, 1.807) is 41.8 Å². The summed E-state index contributed by atoms with van der Waals surface area (Å²) in [7, 11) is 0. The van der Waals surface area contributed by atoms with Crippen LogP contribution in [0, 0.1) is 6.92 Å². The van der Waals surface area contributed by atoms with Crippen LogP contribution >= 0.6 is 11.3 Å². The number of hydrogen-bond donors (Lipinski definition) is 1. The molecule has 0 aliphatic carbocycles. The molecule has 1 unspecified atom stereocenters. The van der Waals surface area contributed by atoms with Gasteiger partial charge in [-0.2, -0.15) is 0 Å². The molecule has 5 aromatic rings. The Balaban J connectivity index is 1.58. The molecule has 1 fully saturated rings. The predicted octanol–water partition coefficient (Wildman–Crippen LogP) is 5.68. The minimum atomic E-state index is -0.944. The molecule has 40 heavy (non-hydrogen) atoms. The lowest BCUT2D eigenvalue weighted by Gasteiger charge is -2.23. The molecule has 4 heterocycles. The zero-order valence-corrected chi connectivity index (χ0v) is 22.9. The fourth-order valence-electron chi connectivity index (χ4n) is 5.06. The van der Waals surface area contributed by atoms with Crippen molar-refractivity contribution in [1.29, 1.82) is 0 Å². The van der Waals surface area contributed by atoms with E-state index in [1.807, 2.05) is 50.2 Å². The molecule has 0 radical (unpaired) electrons. The van der Waals surface area contributed by atoms with Gasteiger partial charge in [0.25, 0.3) is 5.78 Å². The lowest BCUT2D eigenvalue weighted by atomic mass is 9.96. The Labute approximate surface area is 233 Å². The van der Waals surface area contributed by atoms with E-state index in [-0.39, 0.29) is 11.3 Å². The second-order valence-electron chi connectivity index (χ2n) is 9.21. The van der Waals surface area contributed by atoms with E-state index in [1.165, 1.54) is 16.2 Å². The number of ether oxygens (including phenoxy) is 2. The summed E-state index contributed by atoms with van der Waals surface area (Å²) < 4.78 is 13.9. The lowest BCUT2D eigenvalue weighted by Crippen LogP contribution is -2.29. The Bertz CT molecular complexity index is 1820.